The number of nitrogens with two attached hydrogens (primary N) is 1. The van der Waals surface area contributed by atoms with Crippen LogP contribution in [0.4, 0.5) is 15.8 Å². The van der Waals surface area contributed by atoms with Gasteiger partial charge in [-0.2, -0.15) is 0 Å². The first-order valence-corrected chi connectivity index (χ1v) is 5.89. The molecule has 0 heterocycles. The third-order valence-electron chi connectivity index (χ3n) is 3.33. The fourth-order valence-corrected chi connectivity index (χ4v) is 1.44. The topological polar surface area (TPSA) is 78.6 Å². The van der Waals surface area contributed by atoms with Gasteiger partial charge < -0.3 is 21.1 Å². The molecule has 0 bridgehead atoms. The number of halogens is 1. The molecule has 0 atom stereocenters. The van der Waals surface area contributed by atoms with E-state index < -0.39 is 11.8 Å². The number of hydrogen-bond acceptors (Lipinski definition) is 4. The Kier molecular flexibility index (Phi) is 4.36. The van der Waals surface area contributed by atoms with Crippen molar-refractivity contribution < 1.29 is 14.3 Å². The lowest BCUT2D eigenvalue weighted by Gasteiger charge is -2.33. The second kappa shape index (κ2) is 5.44. The van der Waals surface area contributed by atoms with Crippen LogP contribution in [0.5, 0.6) is 0 Å². The molecule has 0 aliphatic rings. The molecule has 1 rings (SSSR count). The van der Waals surface area contributed by atoms with Gasteiger partial charge in [-0.3, -0.25) is 0 Å². The maximum Gasteiger partial charge on any atom is 0.340 e. The highest BCUT2D eigenvalue weighted by atomic mass is 19.1. The lowest BCUT2D eigenvalue weighted by Crippen LogP contribution is -2.44. The van der Waals surface area contributed by atoms with E-state index in [1.807, 2.05) is 32.8 Å². The van der Waals surface area contributed by atoms with Gasteiger partial charge in [0.05, 0.1) is 11.4 Å². The lowest BCUT2D eigenvalue weighted by atomic mass is 10.0. The van der Waals surface area contributed by atoms with E-state index in [9.17, 15) is 9.18 Å². The van der Waals surface area contributed by atoms with Gasteiger partial charge in [-0.1, -0.05) is 0 Å². The van der Waals surface area contributed by atoms with Gasteiger partial charge in [0.15, 0.2) is 0 Å². The molecule has 0 fully saturated rings. The number of likely N-dealkylation sites (N-methyl/N-ethyl adjacent to an activating group) is 1. The zero-order chi connectivity index (χ0) is 14.8. The molecular weight excluding hydrogens is 249 g/mol. The molecule has 4 N–H and O–H groups in total. The Morgan fingerprint density at radius 3 is 2.53 bits per heavy atom. The molecule has 19 heavy (non-hydrogen) atoms. The molecule has 0 saturated carbocycles. The number of anilines is 2. The molecule has 5 nitrogen and oxygen atoms in total. The van der Waals surface area contributed by atoms with E-state index in [-0.39, 0.29) is 16.8 Å². The van der Waals surface area contributed by atoms with E-state index in [0.717, 1.165) is 6.07 Å². The van der Waals surface area contributed by atoms with Gasteiger partial charge in [0.2, 0.25) is 0 Å². The number of benzene rings is 1. The van der Waals surface area contributed by atoms with Crippen LogP contribution in [0.2, 0.25) is 0 Å². The van der Waals surface area contributed by atoms with Crippen molar-refractivity contribution in [1.82, 2.24) is 4.90 Å². The molecule has 0 amide bonds. The van der Waals surface area contributed by atoms with Gasteiger partial charge in [-0.25, -0.2) is 9.18 Å². The normalized spacial score (nSPS) is 11.7. The van der Waals surface area contributed by atoms with Crippen molar-refractivity contribution in [1.29, 1.82) is 0 Å². The maximum absolute atomic E-state index is 13.3. The van der Waals surface area contributed by atoms with Gasteiger partial charge in [-0.15, -0.1) is 0 Å². The van der Waals surface area contributed by atoms with Crippen LogP contribution in [0.15, 0.2) is 12.1 Å². The van der Waals surface area contributed by atoms with Crippen LogP contribution in [0, 0.1) is 5.82 Å². The molecular formula is C13H20FN3O2. The van der Waals surface area contributed by atoms with Crippen molar-refractivity contribution in [3.8, 4) is 0 Å². The predicted octanol–water partition coefficient (Wildman–Crippen LogP) is 1.86. The highest BCUT2D eigenvalue weighted by Gasteiger charge is 2.22. The van der Waals surface area contributed by atoms with Crippen molar-refractivity contribution in [2.75, 3.05) is 31.7 Å². The maximum atomic E-state index is 13.3. The summed E-state index contributed by atoms with van der Waals surface area (Å²) < 4.78 is 13.3. The second-order valence-corrected chi connectivity index (χ2v) is 5.25. The van der Waals surface area contributed by atoms with E-state index in [2.05, 4.69) is 5.32 Å². The minimum absolute atomic E-state index is 0.182. The third-order valence-corrected chi connectivity index (χ3v) is 3.33. The van der Waals surface area contributed by atoms with Crippen LogP contribution in [-0.2, 0) is 0 Å². The van der Waals surface area contributed by atoms with Crippen molar-refractivity contribution in [3.05, 3.63) is 23.5 Å². The fraction of sp³-hybridized carbons (Fsp3) is 0.462. The molecule has 106 valence electrons. The first-order valence-electron chi connectivity index (χ1n) is 5.89. The number of hydrogen-bond donors (Lipinski definition) is 3. The molecule has 1 aromatic rings. The van der Waals surface area contributed by atoms with Crippen LogP contribution in [0.1, 0.15) is 24.2 Å². The lowest BCUT2D eigenvalue weighted by molar-refractivity contribution is 0.0698. The molecule has 6 heteroatoms. The van der Waals surface area contributed by atoms with Crippen LogP contribution in [-0.4, -0.2) is 42.2 Å². The van der Waals surface area contributed by atoms with Crippen molar-refractivity contribution >= 4 is 17.3 Å². The van der Waals surface area contributed by atoms with Gasteiger partial charge in [0.25, 0.3) is 0 Å². The number of carbonyl (C=O) groups is 1. The van der Waals surface area contributed by atoms with E-state index in [4.69, 9.17) is 10.8 Å². The zero-order valence-corrected chi connectivity index (χ0v) is 11.6. The fourth-order valence-electron chi connectivity index (χ4n) is 1.44. The summed E-state index contributed by atoms with van der Waals surface area (Å²) in [4.78, 5) is 13.2. The first kappa shape index (κ1) is 15.2. The summed E-state index contributed by atoms with van der Waals surface area (Å²) in [6.45, 7) is 4.52. The molecule has 0 spiro atoms. The smallest absolute Gasteiger partial charge is 0.340 e. The second-order valence-electron chi connectivity index (χ2n) is 5.25. The summed E-state index contributed by atoms with van der Waals surface area (Å²) in [7, 11) is 3.86. The van der Waals surface area contributed by atoms with Gasteiger partial charge in [0, 0.05) is 12.1 Å². The van der Waals surface area contributed by atoms with Crippen molar-refractivity contribution in [2.24, 2.45) is 0 Å². The van der Waals surface area contributed by atoms with Crippen molar-refractivity contribution in [2.45, 2.75) is 19.4 Å². The van der Waals surface area contributed by atoms with E-state index in [1.165, 1.54) is 6.07 Å². The summed E-state index contributed by atoms with van der Waals surface area (Å²) in [6.07, 6.45) is 0. The number of carboxylic acids is 1. The largest absolute Gasteiger partial charge is 0.478 e. The SMILES string of the molecule is CN(C)C(C)(C)CNc1ccc(F)c(N)c1C(=O)O. The summed E-state index contributed by atoms with van der Waals surface area (Å²) >= 11 is 0. The Morgan fingerprint density at radius 2 is 2.05 bits per heavy atom. The van der Waals surface area contributed by atoms with Crippen molar-refractivity contribution in [3.63, 3.8) is 0 Å². The minimum Gasteiger partial charge on any atom is -0.478 e. The summed E-state index contributed by atoms with van der Waals surface area (Å²) in [5, 5.41) is 12.1. The highest BCUT2D eigenvalue weighted by Crippen LogP contribution is 2.26. The molecule has 0 radical (unpaired) electrons. The Morgan fingerprint density at radius 1 is 1.47 bits per heavy atom. The molecule has 0 aromatic heterocycles. The number of nitrogen functional groups attached to an aromatic ring is 1. The quantitative estimate of drug-likeness (QED) is 0.711. The molecule has 0 unspecified atom stereocenters. The zero-order valence-electron chi connectivity index (χ0n) is 11.6. The number of aromatic carboxylic acids is 1. The van der Waals surface area contributed by atoms with Crippen LogP contribution in [0.3, 0.4) is 0 Å². The monoisotopic (exact) mass is 269 g/mol. The van der Waals surface area contributed by atoms with E-state index in [0.29, 0.717) is 12.2 Å². The highest BCUT2D eigenvalue weighted by molar-refractivity contribution is 6.00. The average molecular weight is 269 g/mol. The van der Waals surface area contributed by atoms with Gasteiger partial charge >= 0.3 is 5.97 Å². The molecule has 0 aliphatic carbocycles. The number of rotatable bonds is 5. The standard InChI is InChI=1S/C13H20FN3O2/c1-13(2,17(3)4)7-16-9-6-5-8(14)11(15)10(9)12(18)19/h5-6,16H,7,15H2,1-4H3,(H,18,19). The summed E-state index contributed by atoms with van der Waals surface area (Å²) in [6, 6.07) is 2.55. The summed E-state index contributed by atoms with van der Waals surface area (Å²) in [5.41, 5.74) is 5.04. The number of nitrogens with one attached hydrogen (secondary N) is 1. The van der Waals surface area contributed by atoms with E-state index >= 15 is 0 Å². The Balaban J connectivity index is 3.03. The van der Waals surface area contributed by atoms with Crippen LogP contribution in [0.25, 0.3) is 0 Å². The molecule has 0 aliphatic heterocycles. The average Bonchev–Trinajstić information content (AvgIpc) is 2.29. The third kappa shape index (κ3) is 3.35. The Bertz CT molecular complexity index is 487. The Hall–Kier alpha value is -1.82. The van der Waals surface area contributed by atoms with Gasteiger partial charge in [0.1, 0.15) is 11.4 Å². The number of nitrogens with zero attached hydrogens (tertiary/aromatic N) is 1. The molecule has 1 aromatic carbocycles. The Labute approximate surface area is 112 Å². The first-order chi connectivity index (χ1) is 8.66. The van der Waals surface area contributed by atoms with Crippen LogP contribution >= 0.6 is 0 Å². The van der Waals surface area contributed by atoms with E-state index in [1.54, 1.807) is 0 Å². The summed E-state index contributed by atoms with van der Waals surface area (Å²) in [5.74, 6) is -1.98. The minimum atomic E-state index is -1.25. The molecule has 0 saturated heterocycles. The van der Waals surface area contributed by atoms with Crippen LogP contribution < -0.4 is 11.1 Å². The number of carboxylic acid groups (broad SMARTS) is 1. The predicted molar refractivity (Wildman–Crippen MR) is 74.0 cm³/mol. The van der Waals surface area contributed by atoms with Gasteiger partial charge in [-0.05, 0) is 40.1 Å².